The molecule has 0 aliphatic heterocycles. The fourth-order valence-electron chi connectivity index (χ4n) is 1.66. The van der Waals surface area contributed by atoms with Gasteiger partial charge in [0, 0.05) is 24.7 Å². The van der Waals surface area contributed by atoms with Crippen molar-refractivity contribution >= 4 is 16.6 Å². The van der Waals surface area contributed by atoms with E-state index in [4.69, 9.17) is 4.74 Å². The van der Waals surface area contributed by atoms with Gasteiger partial charge in [0.15, 0.2) is 0 Å². The summed E-state index contributed by atoms with van der Waals surface area (Å²) in [5.41, 5.74) is 2.10. The lowest BCUT2D eigenvalue weighted by molar-refractivity contribution is 0.0185. The molecular weight excluding hydrogens is 214 g/mol. The molecule has 92 valence electrons. The molecule has 0 saturated heterocycles. The van der Waals surface area contributed by atoms with Crippen LogP contribution in [0.3, 0.4) is 0 Å². The summed E-state index contributed by atoms with van der Waals surface area (Å²) in [6.45, 7) is 5.08. The van der Waals surface area contributed by atoms with Gasteiger partial charge in [0.25, 0.3) is 0 Å². The molecule has 2 N–H and O–H groups in total. The molecule has 0 aliphatic rings. The Bertz CT molecular complexity index is 490. The Hall–Kier alpha value is -1.55. The number of hydrogen-bond donors (Lipinski definition) is 2. The van der Waals surface area contributed by atoms with E-state index in [0.717, 1.165) is 29.6 Å². The van der Waals surface area contributed by atoms with Crippen molar-refractivity contribution in [2.45, 2.75) is 25.9 Å². The standard InChI is InChI=1S/C13H19N3O/c1-13(2,17-3)6-7-14-11-4-5-12-10(8-11)9-15-16-12/h4-5,8-9,14H,6-7H2,1-3H3,(H,15,16). The van der Waals surface area contributed by atoms with Crippen molar-refractivity contribution in [3.8, 4) is 0 Å². The van der Waals surface area contributed by atoms with E-state index < -0.39 is 0 Å². The summed E-state index contributed by atoms with van der Waals surface area (Å²) in [6, 6.07) is 6.19. The number of benzene rings is 1. The number of methoxy groups -OCH3 is 1. The molecule has 2 rings (SSSR count). The zero-order valence-electron chi connectivity index (χ0n) is 10.6. The third kappa shape index (κ3) is 2.97. The van der Waals surface area contributed by atoms with E-state index in [2.05, 4.69) is 41.5 Å². The molecule has 0 saturated carbocycles. The van der Waals surface area contributed by atoms with Gasteiger partial charge in [0.2, 0.25) is 0 Å². The average Bonchev–Trinajstić information content (AvgIpc) is 2.76. The third-order valence-corrected chi connectivity index (χ3v) is 3.05. The van der Waals surface area contributed by atoms with E-state index in [9.17, 15) is 0 Å². The normalized spacial score (nSPS) is 11.9. The maximum Gasteiger partial charge on any atom is 0.0651 e. The fraction of sp³-hybridized carbons (Fsp3) is 0.462. The fourth-order valence-corrected chi connectivity index (χ4v) is 1.66. The minimum absolute atomic E-state index is 0.0766. The zero-order valence-corrected chi connectivity index (χ0v) is 10.6. The average molecular weight is 233 g/mol. The second kappa shape index (κ2) is 4.75. The van der Waals surface area contributed by atoms with Crippen molar-refractivity contribution in [2.75, 3.05) is 19.0 Å². The van der Waals surface area contributed by atoms with E-state index in [1.54, 1.807) is 7.11 Å². The lowest BCUT2D eigenvalue weighted by Gasteiger charge is -2.23. The summed E-state index contributed by atoms with van der Waals surface area (Å²) < 4.78 is 5.38. The highest BCUT2D eigenvalue weighted by atomic mass is 16.5. The summed E-state index contributed by atoms with van der Waals surface area (Å²) in [7, 11) is 1.75. The molecular formula is C13H19N3O. The van der Waals surface area contributed by atoms with Crippen LogP contribution >= 0.6 is 0 Å². The maximum atomic E-state index is 5.38. The highest BCUT2D eigenvalue weighted by molar-refractivity contribution is 5.81. The smallest absolute Gasteiger partial charge is 0.0651 e. The Morgan fingerprint density at radius 3 is 3.00 bits per heavy atom. The van der Waals surface area contributed by atoms with E-state index in [1.807, 2.05) is 12.3 Å². The van der Waals surface area contributed by atoms with Crippen molar-refractivity contribution in [3.63, 3.8) is 0 Å². The summed E-state index contributed by atoms with van der Waals surface area (Å²) in [6.07, 6.45) is 2.80. The van der Waals surface area contributed by atoms with Gasteiger partial charge < -0.3 is 10.1 Å². The van der Waals surface area contributed by atoms with Gasteiger partial charge in [-0.15, -0.1) is 0 Å². The number of rotatable bonds is 5. The van der Waals surface area contributed by atoms with E-state index in [1.165, 1.54) is 0 Å². The minimum Gasteiger partial charge on any atom is -0.385 e. The molecule has 4 heteroatoms. The van der Waals surface area contributed by atoms with Gasteiger partial charge in [-0.2, -0.15) is 5.10 Å². The number of aromatic nitrogens is 2. The Morgan fingerprint density at radius 2 is 2.24 bits per heavy atom. The number of nitrogens with zero attached hydrogens (tertiary/aromatic N) is 1. The van der Waals surface area contributed by atoms with Gasteiger partial charge in [-0.1, -0.05) is 0 Å². The van der Waals surface area contributed by atoms with Crippen molar-refractivity contribution in [2.24, 2.45) is 0 Å². The van der Waals surface area contributed by atoms with Crippen LogP contribution in [0.5, 0.6) is 0 Å². The molecule has 0 amide bonds. The first-order valence-electron chi connectivity index (χ1n) is 5.83. The van der Waals surface area contributed by atoms with Gasteiger partial charge in [-0.25, -0.2) is 0 Å². The molecule has 0 unspecified atom stereocenters. The Kier molecular flexibility index (Phi) is 3.33. The topological polar surface area (TPSA) is 49.9 Å². The number of aromatic amines is 1. The van der Waals surface area contributed by atoms with Crippen LogP contribution in [0.25, 0.3) is 10.9 Å². The number of H-pyrrole nitrogens is 1. The van der Waals surface area contributed by atoms with Crippen molar-refractivity contribution in [1.29, 1.82) is 0 Å². The van der Waals surface area contributed by atoms with Crippen LogP contribution in [-0.4, -0.2) is 29.5 Å². The number of hydrogen-bond acceptors (Lipinski definition) is 3. The van der Waals surface area contributed by atoms with Crippen molar-refractivity contribution < 1.29 is 4.74 Å². The van der Waals surface area contributed by atoms with Crippen LogP contribution in [0.1, 0.15) is 20.3 Å². The zero-order chi connectivity index (χ0) is 12.3. The molecule has 1 aromatic carbocycles. The van der Waals surface area contributed by atoms with Gasteiger partial charge in [-0.3, -0.25) is 5.10 Å². The van der Waals surface area contributed by atoms with Gasteiger partial charge in [0.1, 0.15) is 0 Å². The molecule has 2 aromatic rings. The number of fused-ring (bicyclic) bond motifs is 1. The monoisotopic (exact) mass is 233 g/mol. The van der Waals surface area contributed by atoms with Gasteiger partial charge >= 0.3 is 0 Å². The van der Waals surface area contributed by atoms with Crippen LogP contribution < -0.4 is 5.32 Å². The number of anilines is 1. The van der Waals surface area contributed by atoms with Crippen LogP contribution in [0.15, 0.2) is 24.4 Å². The Morgan fingerprint density at radius 1 is 1.41 bits per heavy atom. The summed E-state index contributed by atoms with van der Waals surface area (Å²) >= 11 is 0. The number of ether oxygens (including phenoxy) is 1. The molecule has 4 nitrogen and oxygen atoms in total. The van der Waals surface area contributed by atoms with Gasteiger partial charge in [0.05, 0.1) is 17.3 Å². The first-order valence-corrected chi connectivity index (χ1v) is 5.83. The highest BCUT2D eigenvalue weighted by Gasteiger charge is 2.15. The van der Waals surface area contributed by atoms with Gasteiger partial charge in [-0.05, 0) is 38.5 Å². The van der Waals surface area contributed by atoms with Crippen molar-refractivity contribution in [1.82, 2.24) is 10.2 Å². The summed E-state index contributed by atoms with van der Waals surface area (Å²) in [5, 5.41) is 11.5. The summed E-state index contributed by atoms with van der Waals surface area (Å²) in [5.74, 6) is 0. The van der Waals surface area contributed by atoms with Crippen LogP contribution in [0, 0.1) is 0 Å². The predicted octanol–water partition coefficient (Wildman–Crippen LogP) is 2.79. The summed E-state index contributed by atoms with van der Waals surface area (Å²) in [4.78, 5) is 0. The Labute approximate surface area is 101 Å². The SMILES string of the molecule is COC(C)(C)CCNc1ccc2[nH]ncc2c1. The number of nitrogens with one attached hydrogen (secondary N) is 2. The molecule has 17 heavy (non-hydrogen) atoms. The third-order valence-electron chi connectivity index (χ3n) is 3.05. The quantitative estimate of drug-likeness (QED) is 0.835. The van der Waals surface area contributed by atoms with Crippen LogP contribution in [-0.2, 0) is 4.74 Å². The highest BCUT2D eigenvalue weighted by Crippen LogP contribution is 2.18. The molecule has 1 aromatic heterocycles. The second-order valence-corrected chi connectivity index (χ2v) is 4.81. The Balaban J connectivity index is 1.95. The predicted molar refractivity (Wildman–Crippen MR) is 70.3 cm³/mol. The van der Waals surface area contributed by atoms with Crippen LogP contribution in [0.2, 0.25) is 0 Å². The molecule has 0 aliphatic carbocycles. The largest absolute Gasteiger partial charge is 0.385 e. The molecule has 0 fully saturated rings. The van der Waals surface area contributed by atoms with Crippen molar-refractivity contribution in [3.05, 3.63) is 24.4 Å². The molecule has 0 atom stereocenters. The van der Waals surface area contributed by atoms with E-state index >= 15 is 0 Å². The first kappa shape index (κ1) is 11.9. The lowest BCUT2D eigenvalue weighted by Crippen LogP contribution is -2.25. The maximum absolute atomic E-state index is 5.38. The minimum atomic E-state index is -0.0766. The molecule has 0 radical (unpaired) electrons. The molecule has 1 heterocycles. The second-order valence-electron chi connectivity index (χ2n) is 4.81. The van der Waals surface area contributed by atoms with E-state index in [0.29, 0.717) is 0 Å². The van der Waals surface area contributed by atoms with Crippen LogP contribution in [0.4, 0.5) is 5.69 Å². The first-order chi connectivity index (χ1) is 8.11. The van der Waals surface area contributed by atoms with E-state index in [-0.39, 0.29) is 5.60 Å². The lowest BCUT2D eigenvalue weighted by atomic mass is 10.1. The molecule has 0 spiro atoms. The molecule has 0 bridgehead atoms.